The number of nitro groups is 1. The molecule has 2 atom stereocenters. The van der Waals surface area contributed by atoms with Crippen LogP contribution in [0.2, 0.25) is 0 Å². The van der Waals surface area contributed by atoms with Crippen LogP contribution in [0.1, 0.15) is 17.9 Å². The summed E-state index contributed by atoms with van der Waals surface area (Å²) >= 11 is 3.30. The van der Waals surface area contributed by atoms with Crippen molar-refractivity contribution in [3.63, 3.8) is 0 Å². The van der Waals surface area contributed by atoms with E-state index in [2.05, 4.69) is 15.9 Å². The van der Waals surface area contributed by atoms with Crippen LogP contribution in [0.3, 0.4) is 0 Å². The van der Waals surface area contributed by atoms with E-state index in [4.69, 9.17) is 5.73 Å². The fourth-order valence-electron chi connectivity index (χ4n) is 1.85. The van der Waals surface area contributed by atoms with E-state index in [9.17, 15) is 10.1 Å². The van der Waals surface area contributed by atoms with Crippen LogP contribution in [0, 0.1) is 16.0 Å². The predicted octanol–water partition coefficient (Wildman–Crippen LogP) is 2.42. The van der Waals surface area contributed by atoms with Gasteiger partial charge in [-0.25, -0.2) is 0 Å². The summed E-state index contributed by atoms with van der Waals surface area (Å²) in [5.41, 5.74) is 6.71. The monoisotopic (exact) mass is 270 g/mol. The second kappa shape index (κ2) is 3.90. The molecular weight excluding hydrogens is 260 g/mol. The minimum Gasteiger partial charge on any atom is -0.330 e. The molecule has 2 unspecified atom stereocenters. The van der Waals surface area contributed by atoms with Crippen molar-refractivity contribution < 1.29 is 4.92 Å². The number of nitrogens with two attached hydrogens (primary N) is 1. The molecule has 80 valence electrons. The van der Waals surface area contributed by atoms with Gasteiger partial charge in [0.25, 0.3) is 5.69 Å². The summed E-state index contributed by atoms with van der Waals surface area (Å²) in [5, 5.41) is 10.7. The van der Waals surface area contributed by atoms with Gasteiger partial charge in [-0.3, -0.25) is 10.1 Å². The third kappa shape index (κ3) is 1.89. The molecule has 0 amide bonds. The second-order valence-electron chi connectivity index (χ2n) is 3.78. The lowest BCUT2D eigenvalue weighted by Gasteiger charge is -2.03. The Kier molecular flexibility index (Phi) is 2.75. The molecule has 1 saturated carbocycles. The Balaban J connectivity index is 2.33. The van der Waals surface area contributed by atoms with E-state index in [0.29, 0.717) is 22.9 Å². The van der Waals surface area contributed by atoms with Crippen molar-refractivity contribution in [3.8, 4) is 0 Å². The van der Waals surface area contributed by atoms with E-state index in [1.807, 2.05) is 6.07 Å². The number of nitrogens with zero attached hydrogens (tertiary/aromatic N) is 1. The van der Waals surface area contributed by atoms with Crippen LogP contribution < -0.4 is 5.73 Å². The molecule has 0 bridgehead atoms. The van der Waals surface area contributed by atoms with E-state index >= 15 is 0 Å². The zero-order valence-corrected chi connectivity index (χ0v) is 9.61. The molecule has 0 radical (unpaired) electrons. The van der Waals surface area contributed by atoms with Gasteiger partial charge in [-0.1, -0.05) is 12.1 Å². The number of rotatable bonds is 3. The van der Waals surface area contributed by atoms with Crippen molar-refractivity contribution >= 4 is 21.6 Å². The number of benzene rings is 1. The first-order valence-electron chi connectivity index (χ1n) is 4.78. The average molecular weight is 271 g/mol. The van der Waals surface area contributed by atoms with Crippen LogP contribution in [0.25, 0.3) is 0 Å². The SMILES string of the molecule is NCC1CC1c1cccc([N+](=O)[O-])c1Br. The molecule has 1 aromatic rings. The van der Waals surface area contributed by atoms with Gasteiger partial charge in [0.15, 0.2) is 0 Å². The molecule has 15 heavy (non-hydrogen) atoms. The van der Waals surface area contributed by atoms with Gasteiger partial charge in [-0.15, -0.1) is 0 Å². The second-order valence-corrected chi connectivity index (χ2v) is 4.57. The lowest BCUT2D eigenvalue weighted by molar-refractivity contribution is -0.385. The first-order chi connectivity index (χ1) is 7.15. The van der Waals surface area contributed by atoms with Gasteiger partial charge in [0.05, 0.1) is 9.40 Å². The van der Waals surface area contributed by atoms with Crippen molar-refractivity contribution in [1.29, 1.82) is 0 Å². The van der Waals surface area contributed by atoms with Gasteiger partial charge in [0.1, 0.15) is 0 Å². The molecule has 0 aliphatic heterocycles. The molecule has 0 heterocycles. The Hall–Kier alpha value is -0.940. The maximum Gasteiger partial charge on any atom is 0.283 e. The predicted molar refractivity (Wildman–Crippen MR) is 60.7 cm³/mol. The van der Waals surface area contributed by atoms with Crippen molar-refractivity contribution in [2.75, 3.05) is 6.54 Å². The molecule has 1 fully saturated rings. The van der Waals surface area contributed by atoms with Crippen LogP contribution in [-0.2, 0) is 0 Å². The quantitative estimate of drug-likeness (QED) is 0.678. The summed E-state index contributed by atoms with van der Waals surface area (Å²) < 4.78 is 0.607. The van der Waals surface area contributed by atoms with Crippen molar-refractivity contribution in [2.45, 2.75) is 12.3 Å². The van der Waals surface area contributed by atoms with E-state index in [-0.39, 0.29) is 10.6 Å². The van der Waals surface area contributed by atoms with E-state index in [1.54, 1.807) is 6.07 Å². The van der Waals surface area contributed by atoms with Gasteiger partial charge in [0.2, 0.25) is 0 Å². The highest BCUT2D eigenvalue weighted by molar-refractivity contribution is 9.10. The van der Waals surface area contributed by atoms with Crippen LogP contribution in [0.5, 0.6) is 0 Å². The third-order valence-corrected chi connectivity index (χ3v) is 3.69. The molecule has 5 heteroatoms. The van der Waals surface area contributed by atoms with Gasteiger partial charge in [-0.05, 0) is 46.3 Å². The number of nitro benzene ring substituents is 1. The Morgan fingerprint density at radius 1 is 1.60 bits per heavy atom. The molecular formula is C10H11BrN2O2. The average Bonchev–Trinajstić information content (AvgIpc) is 2.96. The molecule has 0 spiro atoms. The smallest absolute Gasteiger partial charge is 0.283 e. The molecule has 1 aliphatic carbocycles. The van der Waals surface area contributed by atoms with Gasteiger partial charge < -0.3 is 5.73 Å². The summed E-state index contributed by atoms with van der Waals surface area (Å²) in [6, 6.07) is 5.16. The van der Waals surface area contributed by atoms with E-state index < -0.39 is 0 Å². The molecule has 4 nitrogen and oxygen atoms in total. The Morgan fingerprint density at radius 2 is 2.33 bits per heavy atom. The fourth-order valence-corrected chi connectivity index (χ4v) is 2.56. The molecule has 0 aromatic heterocycles. The van der Waals surface area contributed by atoms with Crippen molar-refractivity contribution in [2.24, 2.45) is 11.7 Å². The summed E-state index contributed by atoms with van der Waals surface area (Å²) in [5.74, 6) is 0.882. The highest BCUT2D eigenvalue weighted by Crippen LogP contribution is 2.50. The molecule has 0 saturated heterocycles. The van der Waals surface area contributed by atoms with Gasteiger partial charge >= 0.3 is 0 Å². The molecule has 1 aliphatic rings. The summed E-state index contributed by atoms with van der Waals surface area (Å²) in [6.07, 6.45) is 1.04. The first kappa shape index (κ1) is 10.6. The summed E-state index contributed by atoms with van der Waals surface area (Å²) in [6.45, 7) is 0.653. The fraction of sp³-hybridized carbons (Fsp3) is 0.400. The largest absolute Gasteiger partial charge is 0.330 e. The number of hydrogen-bond acceptors (Lipinski definition) is 3. The topological polar surface area (TPSA) is 69.2 Å². The molecule has 1 aromatic carbocycles. The zero-order valence-electron chi connectivity index (χ0n) is 8.02. The minimum absolute atomic E-state index is 0.134. The first-order valence-corrected chi connectivity index (χ1v) is 5.57. The molecule has 2 N–H and O–H groups in total. The van der Waals surface area contributed by atoms with Crippen LogP contribution in [0.15, 0.2) is 22.7 Å². The van der Waals surface area contributed by atoms with Crippen molar-refractivity contribution in [1.82, 2.24) is 0 Å². The zero-order chi connectivity index (χ0) is 11.0. The van der Waals surface area contributed by atoms with E-state index in [1.165, 1.54) is 6.07 Å². The van der Waals surface area contributed by atoms with E-state index in [0.717, 1.165) is 12.0 Å². The highest BCUT2D eigenvalue weighted by Gasteiger charge is 2.39. The van der Waals surface area contributed by atoms with Crippen LogP contribution in [0.4, 0.5) is 5.69 Å². The normalized spacial score (nSPS) is 23.9. The lowest BCUT2D eigenvalue weighted by Crippen LogP contribution is -2.02. The number of hydrogen-bond donors (Lipinski definition) is 1. The van der Waals surface area contributed by atoms with Gasteiger partial charge in [-0.2, -0.15) is 0 Å². The molecule has 2 rings (SSSR count). The summed E-state index contributed by atoms with van der Waals surface area (Å²) in [4.78, 5) is 10.4. The maximum absolute atomic E-state index is 10.7. The minimum atomic E-state index is -0.368. The Labute approximate surface area is 95.7 Å². The van der Waals surface area contributed by atoms with Gasteiger partial charge in [0, 0.05) is 6.07 Å². The highest BCUT2D eigenvalue weighted by atomic mass is 79.9. The maximum atomic E-state index is 10.7. The Morgan fingerprint density at radius 3 is 2.87 bits per heavy atom. The van der Waals surface area contributed by atoms with Crippen molar-refractivity contribution in [3.05, 3.63) is 38.3 Å². The third-order valence-electron chi connectivity index (χ3n) is 2.83. The van der Waals surface area contributed by atoms with Crippen LogP contribution in [-0.4, -0.2) is 11.5 Å². The summed E-state index contributed by atoms with van der Waals surface area (Å²) in [7, 11) is 0. The lowest BCUT2D eigenvalue weighted by atomic mass is 10.1. The standard InChI is InChI=1S/C10H11BrN2O2/c11-10-7(8-4-6(8)5-12)2-1-3-9(10)13(14)15/h1-3,6,8H,4-5,12H2. The number of halogens is 1. The van der Waals surface area contributed by atoms with Crippen LogP contribution >= 0.6 is 15.9 Å². The Bertz CT molecular complexity index is 408.